The summed E-state index contributed by atoms with van der Waals surface area (Å²) in [6.07, 6.45) is 0. The van der Waals surface area contributed by atoms with E-state index in [1.54, 1.807) is 11.3 Å². The van der Waals surface area contributed by atoms with E-state index in [0.717, 1.165) is 3.79 Å². The van der Waals surface area contributed by atoms with Crippen LogP contribution in [0.1, 0.15) is 24.8 Å². The lowest BCUT2D eigenvalue weighted by molar-refractivity contribution is 0.521. The van der Waals surface area contributed by atoms with Crippen LogP contribution >= 0.6 is 27.3 Å². The van der Waals surface area contributed by atoms with Crippen molar-refractivity contribution in [2.75, 3.05) is 0 Å². The fourth-order valence-electron chi connectivity index (χ4n) is 0.836. The van der Waals surface area contributed by atoms with Gasteiger partial charge in [0.2, 0.25) is 0 Å². The summed E-state index contributed by atoms with van der Waals surface area (Å²) in [6, 6.07) is 4.31. The molecule has 0 radical (unpaired) electrons. The van der Waals surface area contributed by atoms with Crippen molar-refractivity contribution < 1.29 is 0 Å². The molecule has 1 aromatic rings. The molecule has 0 aromatic carbocycles. The Hall–Kier alpha value is 0.140. The monoisotopic (exact) mass is 233 g/mol. The van der Waals surface area contributed by atoms with Gasteiger partial charge in [0.25, 0.3) is 0 Å². The zero-order valence-corrected chi connectivity index (χ0v) is 9.08. The zero-order valence-electron chi connectivity index (χ0n) is 6.67. The summed E-state index contributed by atoms with van der Waals surface area (Å²) >= 11 is 5.13. The summed E-state index contributed by atoms with van der Waals surface area (Å²) in [6.45, 7) is 4.27. The van der Waals surface area contributed by atoms with E-state index in [9.17, 15) is 0 Å². The molecule has 3 heteroatoms. The first-order valence-electron chi connectivity index (χ1n) is 3.62. The van der Waals surface area contributed by atoms with E-state index in [1.807, 2.05) is 6.07 Å². The van der Waals surface area contributed by atoms with Crippen LogP contribution in [0.3, 0.4) is 0 Å². The van der Waals surface area contributed by atoms with Crippen molar-refractivity contribution in [1.29, 1.82) is 0 Å². The molecular weight excluding hydrogens is 222 g/mol. The minimum atomic E-state index is 0.186. The average molecular weight is 234 g/mol. The largest absolute Gasteiger partial charge is 0.323 e. The van der Waals surface area contributed by atoms with Crippen molar-refractivity contribution >= 4 is 27.3 Å². The molecule has 1 aromatic heterocycles. The molecule has 0 aliphatic carbocycles. The molecule has 1 atom stereocenters. The Morgan fingerprint density at radius 2 is 2.09 bits per heavy atom. The number of halogens is 1. The van der Waals surface area contributed by atoms with E-state index in [2.05, 4.69) is 35.8 Å². The van der Waals surface area contributed by atoms with Crippen molar-refractivity contribution in [3.63, 3.8) is 0 Å². The van der Waals surface area contributed by atoms with E-state index < -0.39 is 0 Å². The Morgan fingerprint density at radius 1 is 1.45 bits per heavy atom. The number of thiophene rings is 1. The van der Waals surface area contributed by atoms with Crippen LogP contribution in [0.4, 0.5) is 0 Å². The highest BCUT2D eigenvalue weighted by atomic mass is 79.9. The second-order valence-corrected chi connectivity index (χ2v) is 5.41. The minimum Gasteiger partial charge on any atom is -0.323 e. The second kappa shape index (κ2) is 3.70. The zero-order chi connectivity index (χ0) is 8.43. The van der Waals surface area contributed by atoms with Crippen LogP contribution in [-0.4, -0.2) is 0 Å². The van der Waals surface area contributed by atoms with Crippen molar-refractivity contribution in [1.82, 2.24) is 0 Å². The molecule has 0 amide bonds. The van der Waals surface area contributed by atoms with Crippen LogP contribution in [0.15, 0.2) is 15.9 Å². The van der Waals surface area contributed by atoms with E-state index in [0.29, 0.717) is 5.92 Å². The summed E-state index contributed by atoms with van der Waals surface area (Å²) in [4.78, 5) is 1.26. The van der Waals surface area contributed by atoms with Gasteiger partial charge < -0.3 is 5.73 Å². The van der Waals surface area contributed by atoms with Gasteiger partial charge in [0, 0.05) is 10.9 Å². The maximum absolute atomic E-state index is 5.94. The van der Waals surface area contributed by atoms with Gasteiger partial charge in [-0.2, -0.15) is 0 Å². The molecule has 0 aliphatic heterocycles. The van der Waals surface area contributed by atoms with Crippen LogP contribution in [0.5, 0.6) is 0 Å². The van der Waals surface area contributed by atoms with Crippen LogP contribution in [0.2, 0.25) is 0 Å². The Morgan fingerprint density at radius 3 is 2.45 bits per heavy atom. The summed E-state index contributed by atoms with van der Waals surface area (Å²) in [5.74, 6) is 0.514. The second-order valence-electron chi connectivity index (χ2n) is 2.91. The standard InChI is InChI=1S/C8H12BrNS/c1-5(2)8(10)6-3-4-7(9)11-6/h3-5,8H,10H2,1-2H3. The van der Waals surface area contributed by atoms with Crippen LogP contribution in [0, 0.1) is 5.92 Å². The lowest BCUT2D eigenvalue weighted by atomic mass is 10.0. The highest BCUT2D eigenvalue weighted by molar-refractivity contribution is 9.11. The number of hydrogen-bond donors (Lipinski definition) is 1. The number of nitrogens with two attached hydrogens (primary N) is 1. The van der Waals surface area contributed by atoms with E-state index >= 15 is 0 Å². The molecule has 0 aliphatic rings. The van der Waals surface area contributed by atoms with Crippen molar-refractivity contribution in [2.24, 2.45) is 11.7 Å². The molecule has 1 rings (SSSR count). The molecule has 1 unspecified atom stereocenters. The van der Waals surface area contributed by atoms with Gasteiger partial charge in [-0.1, -0.05) is 13.8 Å². The summed E-state index contributed by atoms with van der Waals surface area (Å²) in [5, 5.41) is 0. The molecule has 11 heavy (non-hydrogen) atoms. The molecule has 0 bridgehead atoms. The highest BCUT2D eigenvalue weighted by Gasteiger charge is 2.11. The molecular formula is C8H12BrNS. The van der Waals surface area contributed by atoms with Gasteiger partial charge in [-0.05, 0) is 34.0 Å². The van der Waals surface area contributed by atoms with E-state index in [1.165, 1.54) is 4.88 Å². The summed E-state index contributed by atoms with van der Waals surface area (Å²) < 4.78 is 1.16. The van der Waals surface area contributed by atoms with Crippen LogP contribution in [-0.2, 0) is 0 Å². The summed E-state index contributed by atoms with van der Waals surface area (Å²) in [5.41, 5.74) is 5.94. The lowest BCUT2D eigenvalue weighted by Crippen LogP contribution is -2.14. The van der Waals surface area contributed by atoms with Gasteiger partial charge in [0.05, 0.1) is 3.79 Å². The maximum Gasteiger partial charge on any atom is 0.0701 e. The molecule has 1 heterocycles. The quantitative estimate of drug-likeness (QED) is 0.835. The van der Waals surface area contributed by atoms with Crippen molar-refractivity contribution in [2.45, 2.75) is 19.9 Å². The van der Waals surface area contributed by atoms with Gasteiger partial charge in [-0.25, -0.2) is 0 Å². The van der Waals surface area contributed by atoms with Crippen molar-refractivity contribution in [3.8, 4) is 0 Å². The molecule has 62 valence electrons. The predicted octanol–water partition coefficient (Wildman–Crippen LogP) is 3.17. The number of hydrogen-bond acceptors (Lipinski definition) is 2. The Bertz CT molecular complexity index is 232. The first kappa shape index (κ1) is 9.23. The number of rotatable bonds is 2. The maximum atomic E-state index is 5.94. The Labute approximate surface area is 79.7 Å². The topological polar surface area (TPSA) is 26.0 Å². The minimum absolute atomic E-state index is 0.186. The Balaban J connectivity index is 2.76. The first-order valence-corrected chi connectivity index (χ1v) is 5.23. The van der Waals surface area contributed by atoms with Gasteiger partial charge in [0.15, 0.2) is 0 Å². The molecule has 0 fully saturated rings. The fraction of sp³-hybridized carbons (Fsp3) is 0.500. The normalized spacial score (nSPS) is 13.9. The average Bonchev–Trinajstić information content (AvgIpc) is 2.34. The Kier molecular flexibility index (Phi) is 3.10. The van der Waals surface area contributed by atoms with E-state index in [-0.39, 0.29) is 6.04 Å². The first-order chi connectivity index (χ1) is 5.11. The lowest BCUT2D eigenvalue weighted by Gasteiger charge is -2.12. The van der Waals surface area contributed by atoms with Crippen LogP contribution in [0.25, 0.3) is 0 Å². The van der Waals surface area contributed by atoms with Crippen molar-refractivity contribution in [3.05, 3.63) is 20.8 Å². The van der Waals surface area contributed by atoms with Gasteiger partial charge in [-0.15, -0.1) is 11.3 Å². The van der Waals surface area contributed by atoms with Crippen LogP contribution < -0.4 is 5.73 Å². The highest BCUT2D eigenvalue weighted by Crippen LogP contribution is 2.29. The molecule has 0 spiro atoms. The molecule has 0 saturated carbocycles. The smallest absolute Gasteiger partial charge is 0.0701 e. The predicted molar refractivity (Wildman–Crippen MR) is 53.8 cm³/mol. The fourth-order valence-corrected chi connectivity index (χ4v) is 2.43. The van der Waals surface area contributed by atoms with Gasteiger partial charge in [0.1, 0.15) is 0 Å². The molecule has 1 nitrogen and oxygen atoms in total. The molecule has 2 N–H and O–H groups in total. The third kappa shape index (κ3) is 2.29. The van der Waals surface area contributed by atoms with E-state index in [4.69, 9.17) is 5.73 Å². The summed E-state index contributed by atoms with van der Waals surface area (Å²) in [7, 11) is 0. The molecule has 0 saturated heterocycles. The van der Waals surface area contributed by atoms with Gasteiger partial charge >= 0.3 is 0 Å². The SMILES string of the molecule is CC(C)C(N)c1ccc(Br)s1. The third-order valence-corrected chi connectivity index (χ3v) is 3.37. The van der Waals surface area contributed by atoms with Gasteiger partial charge in [-0.3, -0.25) is 0 Å². The third-order valence-electron chi connectivity index (χ3n) is 1.64.